The van der Waals surface area contributed by atoms with Gasteiger partial charge in [-0.1, -0.05) is 11.8 Å². The van der Waals surface area contributed by atoms with E-state index in [0.29, 0.717) is 22.9 Å². The zero-order valence-electron chi connectivity index (χ0n) is 12.3. The number of nitrogens with two attached hydrogens (primary N) is 1. The van der Waals surface area contributed by atoms with Crippen LogP contribution in [0.1, 0.15) is 5.82 Å². The van der Waals surface area contributed by atoms with E-state index in [-0.39, 0.29) is 5.70 Å². The molecule has 1 fully saturated rings. The minimum absolute atomic E-state index is 0.00520. The molecule has 124 valence electrons. The summed E-state index contributed by atoms with van der Waals surface area (Å²) in [5.74, 6) is -0.0586. The summed E-state index contributed by atoms with van der Waals surface area (Å²) in [6.07, 6.45) is 0. The smallest absolute Gasteiger partial charge is 0.352 e. The second-order valence-electron chi connectivity index (χ2n) is 4.99. The number of aryl methyl sites for hydroxylation is 1. The second-order valence-corrected chi connectivity index (χ2v) is 8.03. The molecule has 1 amide bonds. The fourth-order valence-electron chi connectivity index (χ4n) is 2.40. The fourth-order valence-corrected chi connectivity index (χ4v) is 5.58. The van der Waals surface area contributed by atoms with Gasteiger partial charge in [0.25, 0.3) is 5.91 Å². The van der Waals surface area contributed by atoms with E-state index in [9.17, 15) is 14.7 Å². The van der Waals surface area contributed by atoms with Gasteiger partial charge >= 0.3 is 5.97 Å². The molecule has 0 spiro atoms. The minimum atomic E-state index is -1.44. The van der Waals surface area contributed by atoms with Gasteiger partial charge in [0.15, 0.2) is 4.34 Å². The zero-order chi connectivity index (χ0) is 16.8. The van der Waals surface area contributed by atoms with E-state index in [1.54, 1.807) is 6.92 Å². The largest absolute Gasteiger partial charge is 0.477 e. The molecule has 3 N–H and O–H groups in total. The predicted molar refractivity (Wildman–Crippen MR) is 87.1 cm³/mol. The first-order valence-corrected chi connectivity index (χ1v) is 9.37. The molecular weight excluding hydrogens is 360 g/mol. The van der Waals surface area contributed by atoms with Crippen molar-refractivity contribution in [3.8, 4) is 0 Å². The van der Waals surface area contributed by atoms with E-state index in [1.165, 1.54) is 47.1 Å². The highest BCUT2D eigenvalue weighted by molar-refractivity contribution is 8.01. The van der Waals surface area contributed by atoms with Gasteiger partial charge in [-0.15, -0.1) is 11.8 Å². The van der Waals surface area contributed by atoms with Crippen LogP contribution in [0.25, 0.3) is 0 Å². The topological polar surface area (TPSA) is 119 Å². The van der Waals surface area contributed by atoms with Gasteiger partial charge in [0, 0.05) is 18.6 Å². The molecule has 0 radical (unpaired) electrons. The SMILES string of the molecule is CO[C@@]1(N)C(=O)N2C(C(=O)O)=C(CSc3nc(C)ns3)CSC21. The number of carbonyl (C=O) groups excluding carboxylic acids is 1. The maximum Gasteiger partial charge on any atom is 0.352 e. The number of hydrogen-bond acceptors (Lipinski definition) is 9. The van der Waals surface area contributed by atoms with Crippen molar-refractivity contribution >= 4 is 46.9 Å². The number of fused-ring (bicyclic) bond motifs is 1. The van der Waals surface area contributed by atoms with Crippen LogP contribution in [-0.4, -0.2) is 61.0 Å². The van der Waals surface area contributed by atoms with Gasteiger partial charge < -0.3 is 9.84 Å². The van der Waals surface area contributed by atoms with E-state index >= 15 is 0 Å². The molecule has 0 aromatic carbocycles. The molecule has 0 bridgehead atoms. The maximum absolute atomic E-state index is 12.2. The lowest BCUT2D eigenvalue weighted by atomic mass is 10.00. The Morgan fingerprint density at radius 1 is 1.65 bits per heavy atom. The molecular formula is C12H14N4O4S3. The van der Waals surface area contributed by atoms with Crippen LogP contribution in [-0.2, 0) is 14.3 Å². The number of amides is 1. The number of carbonyl (C=O) groups is 2. The second kappa shape index (κ2) is 6.06. The molecule has 1 aromatic rings. The van der Waals surface area contributed by atoms with Crippen molar-refractivity contribution in [1.82, 2.24) is 14.3 Å². The highest BCUT2D eigenvalue weighted by Crippen LogP contribution is 2.45. The fraction of sp³-hybridized carbons (Fsp3) is 0.500. The highest BCUT2D eigenvalue weighted by Gasteiger charge is 2.63. The number of hydrogen-bond donors (Lipinski definition) is 2. The number of methoxy groups -OCH3 is 1. The monoisotopic (exact) mass is 374 g/mol. The summed E-state index contributed by atoms with van der Waals surface area (Å²) < 4.78 is 9.94. The lowest BCUT2D eigenvalue weighted by Crippen LogP contribution is -2.78. The van der Waals surface area contributed by atoms with E-state index in [1.807, 2.05) is 0 Å². The Kier molecular flexibility index (Phi) is 4.40. The van der Waals surface area contributed by atoms with Crippen LogP contribution in [0.4, 0.5) is 0 Å². The summed E-state index contributed by atoms with van der Waals surface area (Å²) in [5.41, 5.74) is 5.13. The van der Waals surface area contributed by atoms with Crippen LogP contribution in [0.2, 0.25) is 0 Å². The van der Waals surface area contributed by atoms with Gasteiger partial charge in [0.1, 0.15) is 16.9 Å². The Hall–Kier alpha value is -1.14. The van der Waals surface area contributed by atoms with E-state index in [2.05, 4.69) is 9.36 Å². The van der Waals surface area contributed by atoms with Gasteiger partial charge in [-0.05, 0) is 24.0 Å². The van der Waals surface area contributed by atoms with Crippen molar-refractivity contribution in [3.63, 3.8) is 0 Å². The number of ether oxygens (including phenoxy) is 1. The van der Waals surface area contributed by atoms with Gasteiger partial charge in [0.05, 0.1) is 0 Å². The number of aromatic nitrogens is 2. The van der Waals surface area contributed by atoms with Crippen molar-refractivity contribution in [2.75, 3.05) is 18.6 Å². The van der Waals surface area contributed by atoms with Crippen molar-refractivity contribution in [2.45, 2.75) is 22.4 Å². The predicted octanol–water partition coefficient (Wildman–Crippen LogP) is 0.494. The number of aliphatic carboxylic acids is 1. The molecule has 1 saturated heterocycles. The van der Waals surface area contributed by atoms with Crippen LogP contribution in [0.3, 0.4) is 0 Å². The van der Waals surface area contributed by atoms with Crippen molar-refractivity contribution in [1.29, 1.82) is 0 Å². The first-order chi connectivity index (χ1) is 10.9. The third kappa shape index (κ3) is 2.66. The van der Waals surface area contributed by atoms with Gasteiger partial charge in [0.2, 0.25) is 5.72 Å². The van der Waals surface area contributed by atoms with Crippen LogP contribution < -0.4 is 5.73 Å². The van der Waals surface area contributed by atoms with Crippen molar-refractivity contribution in [2.24, 2.45) is 5.73 Å². The normalized spacial score (nSPS) is 27.0. The summed E-state index contributed by atoms with van der Waals surface area (Å²) in [6.45, 7) is 1.80. The Balaban J connectivity index is 1.83. The highest BCUT2D eigenvalue weighted by atomic mass is 32.2. The number of carboxylic acid groups (broad SMARTS) is 1. The van der Waals surface area contributed by atoms with Crippen LogP contribution in [0.15, 0.2) is 15.6 Å². The summed E-state index contributed by atoms with van der Waals surface area (Å²) >= 11 is 4.09. The number of carboxylic acids is 1. The summed E-state index contributed by atoms with van der Waals surface area (Å²) in [4.78, 5) is 29.3. The van der Waals surface area contributed by atoms with E-state index < -0.39 is 23.0 Å². The van der Waals surface area contributed by atoms with Crippen LogP contribution in [0.5, 0.6) is 0 Å². The minimum Gasteiger partial charge on any atom is -0.477 e. The Bertz CT molecular complexity index is 706. The molecule has 0 aliphatic carbocycles. The standard InChI is InChI=1S/C12H14N4O4S3/c1-5-14-11(23-15-5)22-4-6-3-21-10-12(13,20-2)9(19)16(10)7(6)8(17)18/h10H,3-4,13H2,1-2H3,(H,17,18)/t10?,12-/m0/s1. The molecule has 2 atom stereocenters. The molecule has 0 saturated carbocycles. The van der Waals surface area contributed by atoms with Gasteiger partial charge in [-0.25, -0.2) is 9.78 Å². The van der Waals surface area contributed by atoms with Gasteiger partial charge in [-0.2, -0.15) is 4.37 Å². The van der Waals surface area contributed by atoms with E-state index in [4.69, 9.17) is 10.5 Å². The first-order valence-electron chi connectivity index (χ1n) is 6.56. The lowest BCUT2D eigenvalue weighted by molar-refractivity contribution is -0.182. The quantitative estimate of drug-likeness (QED) is 0.431. The number of nitrogens with zero attached hydrogens (tertiary/aromatic N) is 3. The van der Waals surface area contributed by atoms with Crippen LogP contribution in [0, 0.1) is 6.92 Å². The lowest BCUT2D eigenvalue weighted by Gasteiger charge is -2.54. The summed E-state index contributed by atoms with van der Waals surface area (Å²) in [5, 5.41) is 9.00. The Morgan fingerprint density at radius 3 is 2.96 bits per heavy atom. The molecule has 1 unspecified atom stereocenters. The Morgan fingerprint density at radius 2 is 2.39 bits per heavy atom. The van der Waals surface area contributed by atoms with Crippen LogP contribution >= 0.6 is 35.1 Å². The third-order valence-electron chi connectivity index (χ3n) is 3.56. The maximum atomic E-state index is 12.2. The molecule has 3 heterocycles. The molecule has 2 aliphatic rings. The molecule has 8 nitrogen and oxygen atoms in total. The number of rotatable bonds is 5. The molecule has 23 heavy (non-hydrogen) atoms. The molecule has 2 aliphatic heterocycles. The zero-order valence-corrected chi connectivity index (χ0v) is 14.8. The first kappa shape index (κ1) is 16.7. The number of β-lactam (4-membered cyclic amide) rings is 1. The summed E-state index contributed by atoms with van der Waals surface area (Å²) in [6, 6.07) is 0. The Labute approximate surface area is 144 Å². The third-order valence-corrected chi connectivity index (χ3v) is 6.97. The molecule has 11 heteroatoms. The molecule has 3 rings (SSSR count). The number of thioether (sulfide) groups is 2. The van der Waals surface area contributed by atoms with E-state index in [0.717, 1.165) is 4.34 Å². The van der Waals surface area contributed by atoms with Crippen molar-refractivity contribution < 1.29 is 19.4 Å². The van der Waals surface area contributed by atoms with Crippen molar-refractivity contribution in [3.05, 3.63) is 17.1 Å². The summed E-state index contributed by atoms with van der Waals surface area (Å²) in [7, 11) is 1.35. The molecule has 1 aromatic heterocycles. The van der Waals surface area contributed by atoms with Gasteiger partial charge in [-0.3, -0.25) is 15.4 Å². The average molecular weight is 374 g/mol. The average Bonchev–Trinajstić information content (AvgIpc) is 2.95.